The molecular weight excluding hydrogens is 436 g/mol. The number of hydrogen-bond acceptors (Lipinski definition) is 5. The highest BCUT2D eigenvalue weighted by Crippen LogP contribution is 2.44. The van der Waals surface area contributed by atoms with Crippen molar-refractivity contribution in [3.8, 4) is 11.1 Å². The fourth-order valence-electron chi connectivity index (χ4n) is 4.48. The summed E-state index contributed by atoms with van der Waals surface area (Å²) in [4.78, 5) is 38.3. The molecule has 1 unspecified atom stereocenters. The Morgan fingerprint density at radius 2 is 1.68 bits per heavy atom. The van der Waals surface area contributed by atoms with Gasteiger partial charge in [0.05, 0.1) is 13.0 Å². The van der Waals surface area contributed by atoms with E-state index >= 15 is 0 Å². The first-order valence-electron chi connectivity index (χ1n) is 11.6. The fraction of sp³-hybridized carbons (Fsp3) is 0.423. The maximum atomic E-state index is 13.1. The van der Waals surface area contributed by atoms with Crippen LogP contribution >= 0.6 is 0 Å². The molecule has 1 fully saturated rings. The van der Waals surface area contributed by atoms with Crippen molar-refractivity contribution in [3.05, 3.63) is 59.7 Å². The number of ether oxygens (including phenoxy) is 2. The van der Waals surface area contributed by atoms with Crippen LogP contribution in [-0.2, 0) is 19.1 Å². The van der Waals surface area contributed by atoms with Crippen molar-refractivity contribution >= 4 is 18.0 Å². The van der Waals surface area contributed by atoms with E-state index < -0.39 is 18.1 Å². The molecule has 8 nitrogen and oxygen atoms in total. The third-order valence-electron chi connectivity index (χ3n) is 6.35. The van der Waals surface area contributed by atoms with Crippen LogP contribution in [0.1, 0.15) is 36.3 Å². The molecule has 0 spiro atoms. The van der Waals surface area contributed by atoms with Gasteiger partial charge in [-0.25, -0.2) is 4.79 Å². The summed E-state index contributed by atoms with van der Waals surface area (Å²) in [5.74, 6) is -1.03. The Kier molecular flexibility index (Phi) is 7.47. The molecule has 1 atom stereocenters. The van der Waals surface area contributed by atoms with E-state index in [9.17, 15) is 14.4 Å². The first-order valence-corrected chi connectivity index (χ1v) is 11.6. The van der Waals surface area contributed by atoms with Gasteiger partial charge in [0.25, 0.3) is 0 Å². The number of carboxylic acid groups (broad SMARTS) is 1. The van der Waals surface area contributed by atoms with Crippen LogP contribution < -0.4 is 5.32 Å². The second-order valence-corrected chi connectivity index (χ2v) is 8.85. The molecule has 2 amide bonds. The zero-order valence-electron chi connectivity index (χ0n) is 19.2. The summed E-state index contributed by atoms with van der Waals surface area (Å²) in [6, 6.07) is 15.2. The van der Waals surface area contributed by atoms with Gasteiger partial charge in [0.1, 0.15) is 12.6 Å². The van der Waals surface area contributed by atoms with Crippen molar-refractivity contribution in [2.45, 2.75) is 31.2 Å². The largest absolute Gasteiger partial charge is 0.481 e. The average molecular weight is 467 g/mol. The number of alkyl carbamates (subject to hydrolysis) is 1. The van der Waals surface area contributed by atoms with Gasteiger partial charge in [-0.05, 0) is 41.0 Å². The molecule has 2 aliphatic carbocycles. The van der Waals surface area contributed by atoms with Crippen LogP contribution in [0.3, 0.4) is 0 Å². The molecule has 0 aliphatic heterocycles. The van der Waals surface area contributed by atoms with Crippen molar-refractivity contribution in [2.24, 2.45) is 5.92 Å². The van der Waals surface area contributed by atoms with E-state index in [0.29, 0.717) is 12.5 Å². The monoisotopic (exact) mass is 466 g/mol. The van der Waals surface area contributed by atoms with E-state index in [2.05, 4.69) is 17.4 Å². The maximum Gasteiger partial charge on any atom is 0.407 e. The molecule has 2 aromatic carbocycles. The Hall–Kier alpha value is -3.39. The van der Waals surface area contributed by atoms with Crippen LogP contribution in [-0.4, -0.2) is 67.4 Å². The van der Waals surface area contributed by atoms with Gasteiger partial charge in [-0.1, -0.05) is 48.5 Å². The lowest BCUT2D eigenvalue weighted by Crippen LogP contribution is -2.52. The van der Waals surface area contributed by atoms with Crippen LogP contribution in [0.4, 0.5) is 4.79 Å². The normalized spacial score (nSPS) is 15.2. The topological polar surface area (TPSA) is 105 Å². The van der Waals surface area contributed by atoms with Crippen molar-refractivity contribution < 1.29 is 29.0 Å². The minimum atomic E-state index is -0.971. The lowest BCUT2D eigenvalue weighted by molar-refractivity contribution is -0.139. The molecule has 0 radical (unpaired) electrons. The Labute approximate surface area is 198 Å². The van der Waals surface area contributed by atoms with Gasteiger partial charge in [-0.3, -0.25) is 9.59 Å². The van der Waals surface area contributed by atoms with Crippen molar-refractivity contribution in [1.82, 2.24) is 10.2 Å². The number of amides is 2. The van der Waals surface area contributed by atoms with E-state index in [1.807, 2.05) is 36.4 Å². The van der Waals surface area contributed by atoms with E-state index in [-0.39, 0.29) is 38.0 Å². The molecule has 4 rings (SSSR count). The van der Waals surface area contributed by atoms with E-state index in [1.54, 1.807) is 0 Å². The van der Waals surface area contributed by atoms with Gasteiger partial charge in [0.2, 0.25) is 5.91 Å². The quantitative estimate of drug-likeness (QED) is 0.527. The standard InChI is InChI=1S/C26H30N2O6/c1-33-16-23(25(31)28(13-12-24(29)30)14-17-10-11-17)27-26(32)34-15-22-20-8-4-2-6-18(20)19-7-3-5-9-21(19)22/h2-9,17,22-23H,10-16H2,1H3,(H,27,32)(H,29,30). The minimum absolute atomic E-state index is 0.0305. The number of fused-ring (bicyclic) bond motifs is 3. The predicted octanol–water partition coefficient (Wildman–Crippen LogP) is 3.25. The van der Waals surface area contributed by atoms with Gasteiger partial charge >= 0.3 is 12.1 Å². The molecule has 8 heteroatoms. The second kappa shape index (κ2) is 10.7. The molecule has 180 valence electrons. The molecule has 2 aromatic rings. The molecule has 34 heavy (non-hydrogen) atoms. The summed E-state index contributed by atoms with van der Waals surface area (Å²) in [6.45, 7) is 0.686. The number of aliphatic carboxylic acids is 1. The summed E-state index contributed by atoms with van der Waals surface area (Å²) >= 11 is 0. The zero-order chi connectivity index (χ0) is 24.1. The number of methoxy groups -OCH3 is 1. The Morgan fingerprint density at radius 3 is 2.24 bits per heavy atom. The van der Waals surface area contributed by atoms with Gasteiger partial charge in [-0.2, -0.15) is 0 Å². The fourth-order valence-corrected chi connectivity index (χ4v) is 4.48. The lowest BCUT2D eigenvalue weighted by atomic mass is 9.98. The Balaban J connectivity index is 1.40. The highest BCUT2D eigenvalue weighted by Gasteiger charge is 2.33. The number of carboxylic acids is 1. The molecule has 2 aliphatic rings. The molecule has 0 bridgehead atoms. The van der Waals surface area contributed by atoms with Crippen LogP contribution in [0.25, 0.3) is 11.1 Å². The highest BCUT2D eigenvalue weighted by atomic mass is 16.5. The van der Waals surface area contributed by atoms with Crippen LogP contribution in [0.5, 0.6) is 0 Å². The number of nitrogens with one attached hydrogen (secondary N) is 1. The van der Waals surface area contributed by atoms with Gasteiger partial charge < -0.3 is 24.8 Å². The SMILES string of the molecule is COCC(NC(=O)OCC1c2ccccc2-c2ccccc21)C(=O)N(CCC(=O)O)CC1CC1. The number of nitrogens with zero attached hydrogens (tertiary/aromatic N) is 1. The maximum absolute atomic E-state index is 13.1. The second-order valence-electron chi connectivity index (χ2n) is 8.85. The summed E-state index contributed by atoms with van der Waals surface area (Å²) in [7, 11) is 1.45. The summed E-state index contributed by atoms with van der Waals surface area (Å²) in [5, 5.41) is 11.7. The number of benzene rings is 2. The van der Waals surface area contributed by atoms with Crippen LogP contribution in [0.15, 0.2) is 48.5 Å². The van der Waals surface area contributed by atoms with E-state index in [4.69, 9.17) is 14.6 Å². The first-order chi connectivity index (χ1) is 16.5. The number of carbonyl (C=O) groups excluding carboxylic acids is 2. The molecule has 0 heterocycles. The van der Waals surface area contributed by atoms with E-state index in [1.165, 1.54) is 12.0 Å². The Morgan fingerprint density at radius 1 is 1.06 bits per heavy atom. The Bertz CT molecular complexity index is 1010. The summed E-state index contributed by atoms with van der Waals surface area (Å²) in [5.41, 5.74) is 4.47. The molecule has 0 saturated heterocycles. The number of carbonyl (C=O) groups is 3. The van der Waals surface area contributed by atoms with Gasteiger partial charge in [-0.15, -0.1) is 0 Å². The third kappa shape index (κ3) is 5.56. The van der Waals surface area contributed by atoms with Crippen LogP contribution in [0, 0.1) is 5.92 Å². The van der Waals surface area contributed by atoms with Gasteiger partial charge in [0, 0.05) is 26.1 Å². The van der Waals surface area contributed by atoms with Crippen molar-refractivity contribution in [1.29, 1.82) is 0 Å². The third-order valence-corrected chi connectivity index (χ3v) is 6.35. The van der Waals surface area contributed by atoms with Crippen LogP contribution in [0.2, 0.25) is 0 Å². The van der Waals surface area contributed by atoms with E-state index in [0.717, 1.165) is 35.1 Å². The van der Waals surface area contributed by atoms with Crippen molar-refractivity contribution in [3.63, 3.8) is 0 Å². The van der Waals surface area contributed by atoms with Gasteiger partial charge in [0.15, 0.2) is 0 Å². The first kappa shape index (κ1) is 23.8. The minimum Gasteiger partial charge on any atom is -0.481 e. The average Bonchev–Trinajstić information content (AvgIpc) is 3.60. The predicted molar refractivity (Wildman–Crippen MR) is 125 cm³/mol. The molecule has 0 aromatic heterocycles. The summed E-state index contributed by atoms with van der Waals surface area (Å²) < 4.78 is 10.7. The highest BCUT2D eigenvalue weighted by molar-refractivity contribution is 5.86. The van der Waals surface area contributed by atoms with Crippen molar-refractivity contribution in [2.75, 3.05) is 33.4 Å². The molecule has 1 saturated carbocycles. The lowest BCUT2D eigenvalue weighted by Gasteiger charge is -2.27. The summed E-state index contributed by atoms with van der Waals surface area (Å²) in [6.07, 6.45) is 1.18. The number of rotatable bonds is 11. The number of hydrogen-bond donors (Lipinski definition) is 2. The smallest absolute Gasteiger partial charge is 0.407 e. The zero-order valence-corrected chi connectivity index (χ0v) is 19.2. The molecule has 2 N–H and O–H groups in total. The molecular formula is C26H30N2O6.